The summed E-state index contributed by atoms with van der Waals surface area (Å²) in [6.07, 6.45) is 5.12. The van der Waals surface area contributed by atoms with Crippen LogP contribution in [0.5, 0.6) is 0 Å². The third-order valence-electron chi connectivity index (χ3n) is 4.98. The van der Waals surface area contributed by atoms with Crippen molar-refractivity contribution in [1.29, 1.82) is 0 Å². The molecular weight excluding hydrogens is 328 g/mol. The second-order valence-electron chi connectivity index (χ2n) is 6.74. The molecule has 134 valence electrons. The number of carbonyl (C=O) groups excluding carboxylic acids is 1. The van der Waals surface area contributed by atoms with Gasteiger partial charge in [0.1, 0.15) is 6.33 Å². The summed E-state index contributed by atoms with van der Waals surface area (Å²) in [7, 11) is 0. The molecule has 1 saturated heterocycles. The Hall–Kier alpha value is -2.73. The molecular formula is C20H22N4O2. The summed E-state index contributed by atoms with van der Waals surface area (Å²) in [5.41, 5.74) is 4.67. The van der Waals surface area contributed by atoms with E-state index >= 15 is 0 Å². The number of amides is 1. The largest absolute Gasteiger partial charge is 0.381 e. The second kappa shape index (κ2) is 7.25. The number of nitrogens with one attached hydrogen (secondary N) is 2. The second-order valence-corrected chi connectivity index (χ2v) is 6.74. The van der Waals surface area contributed by atoms with Crippen molar-refractivity contribution in [2.24, 2.45) is 0 Å². The van der Waals surface area contributed by atoms with Gasteiger partial charge in [-0.3, -0.25) is 4.79 Å². The van der Waals surface area contributed by atoms with Crippen LogP contribution in [-0.2, 0) is 11.3 Å². The Kier molecular flexibility index (Phi) is 4.67. The first kappa shape index (κ1) is 16.7. The van der Waals surface area contributed by atoms with Crippen molar-refractivity contribution in [3.63, 3.8) is 0 Å². The van der Waals surface area contributed by atoms with Gasteiger partial charge in [-0.2, -0.15) is 0 Å². The van der Waals surface area contributed by atoms with Crippen LogP contribution in [0.4, 0.5) is 0 Å². The summed E-state index contributed by atoms with van der Waals surface area (Å²) in [5, 5.41) is 4.12. The van der Waals surface area contributed by atoms with Crippen LogP contribution in [-0.4, -0.2) is 34.1 Å². The molecule has 0 spiro atoms. The Morgan fingerprint density at radius 1 is 1.31 bits per heavy atom. The fourth-order valence-electron chi connectivity index (χ4n) is 3.43. The van der Waals surface area contributed by atoms with E-state index in [9.17, 15) is 4.79 Å². The molecule has 6 nitrogen and oxygen atoms in total. The zero-order valence-electron chi connectivity index (χ0n) is 14.8. The Balaban J connectivity index is 1.47. The minimum atomic E-state index is -0.153. The maximum atomic E-state index is 12.3. The molecule has 0 unspecified atom stereocenters. The highest BCUT2D eigenvalue weighted by molar-refractivity contribution is 5.94. The van der Waals surface area contributed by atoms with Gasteiger partial charge in [-0.15, -0.1) is 0 Å². The molecule has 3 aromatic rings. The lowest BCUT2D eigenvalue weighted by Gasteiger charge is -2.20. The van der Waals surface area contributed by atoms with Gasteiger partial charge < -0.3 is 15.0 Å². The first-order valence-corrected chi connectivity index (χ1v) is 8.95. The van der Waals surface area contributed by atoms with Crippen LogP contribution >= 0.6 is 0 Å². The van der Waals surface area contributed by atoms with Gasteiger partial charge in [-0.05, 0) is 48.9 Å². The third kappa shape index (κ3) is 3.46. The maximum absolute atomic E-state index is 12.3. The lowest BCUT2D eigenvalue weighted by atomic mass is 9.96. The van der Waals surface area contributed by atoms with E-state index < -0.39 is 0 Å². The fourth-order valence-corrected chi connectivity index (χ4v) is 3.43. The quantitative estimate of drug-likeness (QED) is 0.758. The lowest BCUT2D eigenvalue weighted by molar-refractivity contribution is 0.0846. The number of hydrogen-bond acceptors (Lipinski definition) is 4. The molecule has 1 aliphatic rings. The number of aromatic amines is 1. The molecule has 0 radical (unpaired) electrons. The van der Waals surface area contributed by atoms with E-state index in [1.807, 2.05) is 6.07 Å². The van der Waals surface area contributed by atoms with Gasteiger partial charge >= 0.3 is 0 Å². The van der Waals surface area contributed by atoms with E-state index in [4.69, 9.17) is 4.74 Å². The van der Waals surface area contributed by atoms with E-state index in [1.54, 1.807) is 13.1 Å². The lowest BCUT2D eigenvalue weighted by Crippen LogP contribution is -2.24. The van der Waals surface area contributed by atoms with Crippen LogP contribution in [0, 0.1) is 6.92 Å². The molecule has 6 heteroatoms. The number of carbonyl (C=O) groups is 1. The highest BCUT2D eigenvalue weighted by atomic mass is 16.5. The molecule has 1 aromatic carbocycles. The zero-order valence-corrected chi connectivity index (χ0v) is 14.8. The number of aryl methyl sites for hydroxylation is 1. The van der Waals surface area contributed by atoms with Gasteiger partial charge in [0.2, 0.25) is 0 Å². The predicted octanol–water partition coefficient (Wildman–Crippen LogP) is 3.09. The maximum Gasteiger partial charge on any atom is 0.254 e. The Morgan fingerprint density at radius 3 is 2.96 bits per heavy atom. The van der Waals surface area contributed by atoms with E-state index in [0.29, 0.717) is 23.7 Å². The van der Waals surface area contributed by atoms with Crippen LogP contribution in [0.2, 0.25) is 0 Å². The Labute approximate surface area is 152 Å². The predicted molar refractivity (Wildman–Crippen MR) is 99.0 cm³/mol. The average molecular weight is 350 g/mol. The number of H-pyrrole nitrogens is 1. The van der Waals surface area contributed by atoms with Gasteiger partial charge in [0.15, 0.2) is 0 Å². The molecule has 0 saturated carbocycles. The molecule has 0 atom stereocenters. The van der Waals surface area contributed by atoms with Crippen LogP contribution in [0.3, 0.4) is 0 Å². The number of aromatic nitrogens is 3. The minimum Gasteiger partial charge on any atom is -0.381 e. The van der Waals surface area contributed by atoms with E-state index in [2.05, 4.69) is 38.5 Å². The van der Waals surface area contributed by atoms with Crippen LogP contribution in [0.15, 0.2) is 36.8 Å². The minimum absolute atomic E-state index is 0.153. The fraction of sp³-hybridized carbons (Fsp3) is 0.350. The standard InChI is InChI=1S/C20H22N4O2/c1-13-17(11-21-12-23-13)20(25)22-10-14-2-3-18-16(8-14)9-19(24-18)15-4-6-26-7-5-15/h2-3,8-9,11-12,15,24H,4-7,10H2,1H3,(H,22,25). The molecule has 1 aliphatic heterocycles. The molecule has 4 rings (SSSR count). The van der Waals surface area contributed by atoms with Crippen molar-refractivity contribution in [2.75, 3.05) is 13.2 Å². The zero-order chi connectivity index (χ0) is 17.9. The molecule has 0 bridgehead atoms. The van der Waals surface area contributed by atoms with Crippen molar-refractivity contribution in [3.05, 3.63) is 59.3 Å². The van der Waals surface area contributed by atoms with E-state index in [0.717, 1.165) is 37.1 Å². The number of benzene rings is 1. The van der Waals surface area contributed by atoms with Gasteiger partial charge in [0.25, 0.3) is 5.91 Å². The molecule has 1 fully saturated rings. The van der Waals surface area contributed by atoms with Gasteiger partial charge in [-0.1, -0.05) is 6.07 Å². The summed E-state index contributed by atoms with van der Waals surface area (Å²) >= 11 is 0. The first-order valence-electron chi connectivity index (χ1n) is 8.95. The molecule has 0 aliphatic carbocycles. The van der Waals surface area contributed by atoms with Gasteiger partial charge in [0, 0.05) is 43.1 Å². The van der Waals surface area contributed by atoms with Gasteiger partial charge in [0.05, 0.1) is 11.3 Å². The first-order chi connectivity index (χ1) is 12.7. The summed E-state index contributed by atoms with van der Waals surface area (Å²) in [6.45, 7) is 3.95. The normalized spacial score (nSPS) is 15.3. The van der Waals surface area contributed by atoms with E-state index in [1.165, 1.54) is 17.4 Å². The summed E-state index contributed by atoms with van der Waals surface area (Å²) in [5.74, 6) is 0.389. The smallest absolute Gasteiger partial charge is 0.254 e. The molecule has 3 heterocycles. The van der Waals surface area contributed by atoms with Crippen molar-refractivity contribution in [2.45, 2.75) is 32.2 Å². The highest BCUT2D eigenvalue weighted by Crippen LogP contribution is 2.29. The average Bonchev–Trinajstić information content (AvgIpc) is 3.10. The molecule has 2 N–H and O–H groups in total. The third-order valence-corrected chi connectivity index (χ3v) is 4.98. The van der Waals surface area contributed by atoms with Crippen LogP contribution in [0.1, 0.15) is 46.1 Å². The van der Waals surface area contributed by atoms with E-state index in [-0.39, 0.29) is 5.91 Å². The van der Waals surface area contributed by atoms with Crippen molar-refractivity contribution >= 4 is 16.8 Å². The number of rotatable bonds is 4. The summed E-state index contributed by atoms with van der Waals surface area (Å²) in [4.78, 5) is 23.8. The number of fused-ring (bicyclic) bond motifs is 1. The number of nitrogens with zero attached hydrogens (tertiary/aromatic N) is 2. The van der Waals surface area contributed by atoms with Crippen LogP contribution < -0.4 is 5.32 Å². The molecule has 2 aromatic heterocycles. The van der Waals surface area contributed by atoms with Crippen molar-refractivity contribution in [1.82, 2.24) is 20.3 Å². The topological polar surface area (TPSA) is 79.9 Å². The Morgan fingerprint density at radius 2 is 2.15 bits per heavy atom. The van der Waals surface area contributed by atoms with Crippen molar-refractivity contribution < 1.29 is 9.53 Å². The Bertz CT molecular complexity index is 928. The summed E-state index contributed by atoms with van der Waals surface area (Å²) in [6, 6.07) is 8.48. The molecule has 26 heavy (non-hydrogen) atoms. The number of hydrogen-bond donors (Lipinski definition) is 2. The number of ether oxygens (including phenoxy) is 1. The van der Waals surface area contributed by atoms with Gasteiger partial charge in [-0.25, -0.2) is 9.97 Å². The highest BCUT2D eigenvalue weighted by Gasteiger charge is 2.18. The van der Waals surface area contributed by atoms with Crippen LogP contribution in [0.25, 0.3) is 10.9 Å². The monoisotopic (exact) mass is 350 g/mol. The van der Waals surface area contributed by atoms with Crippen molar-refractivity contribution in [3.8, 4) is 0 Å². The molecule has 1 amide bonds. The summed E-state index contributed by atoms with van der Waals surface area (Å²) < 4.78 is 5.45. The SMILES string of the molecule is Cc1ncncc1C(=O)NCc1ccc2[nH]c(C3CCOCC3)cc2c1.